The van der Waals surface area contributed by atoms with Gasteiger partial charge in [-0.1, -0.05) is 53.2 Å². The van der Waals surface area contributed by atoms with Crippen LogP contribution in [0.25, 0.3) is 11.0 Å². The Hall–Kier alpha value is -5.58. The number of aromatic nitrogens is 3. The molecule has 1 aliphatic rings. The Morgan fingerprint density at radius 1 is 0.932 bits per heavy atom. The second-order valence-corrected chi connectivity index (χ2v) is 10.3. The van der Waals surface area contributed by atoms with Gasteiger partial charge in [0.15, 0.2) is 23.0 Å². The zero-order chi connectivity index (χ0) is 30.6. The van der Waals surface area contributed by atoms with Gasteiger partial charge in [-0.3, -0.25) is 9.59 Å². The number of anilines is 1. The van der Waals surface area contributed by atoms with Crippen LogP contribution in [0.1, 0.15) is 22.7 Å². The molecule has 5 aromatic rings. The number of nitrogens with zero attached hydrogens (tertiary/aromatic N) is 4. The number of para-hydroxylation sites is 1. The molecular weight excluding hydrogens is 562 g/mol. The van der Waals surface area contributed by atoms with Crippen molar-refractivity contribution in [3.8, 4) is 23.0 Å². The van der Waals surface area contributed by atoms with E-state index in [9.17, 15) is 9.59 Å². The number of benzene rings is 4. The van der Waals surface area contributed by atoms with E-state index >= 15 is 0 Å². The van der Waals surface area contributed by atoms with E-state index in [1.165, 1.54) is 14.2 Å². The van der Waals surface area contributed by atoms with Crippen LogP contribution in [0.15, 0.2) is 84.9 Å². The van der Waals surface area contributed by atoms with Crippen molar-refractivity contribution in [3.63, 3.8) is 0 Å². The van der Waals surface area contributed by atoms with E-state index in [0.29, 0.717) is 45.3 Å². The van der Waals surface area contributed by atoms with Crippen molar-refractivity contribution in [1.82, 2.24) is 19.9 Å². The van der Waals surface area contributed by atoms with Crippen LogP contribution in [0, 0.1) is 6.92 Å². The highest BCUT2D eigenvalue weighted by atomic mass is 16.7. The number of nitrogens with one attached hydrogen (secondary N) is 1. The van der Waals surface area contributed by atoms with Gasteiger partial charge in [0.2, 0.25) is 12.7 Å². The second kappa shape index (κ2) is 12.3. The average molecular weight is 594 g/mol. The van der Waals surface area contributed by atoms with Crippen LogP contribution >= 0.6 is 0 Å². The summed E-state index contributed by atoms with van der Waals surface area (Å²) in [6.07, 6.45) is 0. The lowest BCUT2D eigenvalue weighted by molar-refractivity contribution is -0.140. The molecular formula is C33H31N5O6. The van der Waals surface area contributed by atoms with Crippen LogP contribution in [-0.2, 0) is 22.7 Å². The summed E-state index contributed by atoms with van der Waals surface area (Å²) in [6, 6.07) is 24.5. The molecule has 224 valence electrons. The van der Waals surface area contributed by atoms with Gasteiger partial charge in [-0.2, -0.15) is 0 Å². The molecule has 1 atom stereocenters. The Morgan fingerprint density at radius 2 is 1.70 bits per heavy atom. The zero-order valence-electron chi connectivity index (χ0n) is 24.5. The maximum Gasteiger partial charge on any atom is 0.251 e. The average Bonchev–Trinajstić information content (AvgIpc) is 3.68. The highest BCUT2D eigenvalue weighted by Gasteiger charge is 2.33. The summed E-state index contributed by atoms with van der Waals surface area (Å²) >= 11 is 0. The minimum absolute atomic E-state index is 0.108. The predicted molar refractivity (Wildman–Crippen MR) is 163 cm³/mol. The van der Waals surface area contributed by atoms with Gasteiger partial charge in [0, 0.05) is 18.3 Å². The van der Waals surface area contributed by atoms with Crippen molar-refractivity contribution in [1.29, 1.82) is 0 Å². The molecule has 11 heteroatoms. The highest BCUT2D eigenvalue weighted by molar-refractivity contribution is 5.98. The van der Waals surface area contributed by atoms with Gasteiger partial charge in [-0.05, 0) is 54.4 Å². The van der Waals surface area contributed by atoms with Crippen molar-refractivity contribution in [3.05, 3.63) is 102 Å². The summed E-state index contributed by atoms with van der Waals surface area (Å²) in [5.41, 5.74) is 4.34. The van der Waals surface area contributed by atoms with E-state index in [-0.39, 0.29) is 25.8 Å². The third kappa shape index (κ3) is 5.84. The van der Waals surface area contributed by atoms with E-state index in [1.54, 1.807) is 46.0 Å². The van der Waals surface area contributed by atoms with Crippen molar-refractivity contribution >= 4 is 28.5 Å². The summed E-state index contributed by atoms with van der Waals surface area (Å²) in [5, 5.41) is 11.4. The highest BCUT2D eigenvalue weighted by Crippen LogP contribution is 2.36. The van der Waals surface area contributed by atoms with Crippen LogP contribution < -0.4 is 24.3 Å². The molecule has 2 amide bonds. The lowest BCUT2D eigenvalue weighted by Crippen LogP contribution is -2.42. The van der Waals surface area contributed by atoms with Crippen molar-refractivity contribution in [2.45, 2.75) is 26.1 Å². The Balaban J connectivity index is 1.42. The second-order valence-electron chi connectivity index (χ2n) is 10.3. The molecule has 0 fully saturated rings. The number of carbonyl (C=O) groups is 2. The topological polar surface area (TPSA) is 117 Å². The first-order chi connectivity index (χ1) is 21.4. The fourth-order valence-corrected chi connectivity index (χ4v) is 5.15. The molecule has 4 aromatic carbocycles. The molecule has 44 heavy (non-hydrogen) atoms. The third-order valence-electron chi connectivity index (χ3n) is 7.42. The Morgan fingerprint density at radius 3 is 2.50 bits per heavy atom. The molecule has 0 aliphatic carbocycles. The zero-order valence-corrected chi connectivity index (χ0v) is 24.5. The monoisotopic (exact) mass is 593 g/mol. The molecule has 11 nitrogen and oxygen atoms in total. The Bertz CT molecular complexity index is 1820. The number of fused-ring (bicyclic) bond motifs is 2. The number of hydrogen-bond donors (Lipinski definition) is 1. The van der Waals surface area contributed by atoms with Crippen LogP contribution in [0.4, 0.5) is 5.69 Å². The molecule has 1 aliphatic heterocycles. The molecule has 0 spiro atoms. The summed E-state index contributed by atoms with van der Waals surface area (Å²) in [4.78, 5) is 30.1. The van der Waals surface area contributed by atoms with Gasteiger partial charge in [-0.15, -0.1) is 5.10 Å². The minimum Gasteiger partial charge on any atom is -0.493 e. The van der Waals surface area contributed by atoms with Crippen LogP contribution in [-0.4, -0.2) is 52.7 Å². The summed E-state index contributed by atoms with van der Waals surface area (Å²) in [7, 11) is 3.06. The van der Waals surface area contributed by atoms with Crippen molar-refractivity contribution in [2.75, 3.05) is 26.3 Å². The van der Waals surface area contributed by atoms with Gasteiger partial charge in [0.25, 0.3) is 5.91 Å². The maximum atomic E-state index is 14.3. The summed E-state index contributed by atoms with van der Waals surface area (Å²) in [6.45, 7) is 2.12. The van der Waals surface area contributed by atoms with E-state index in [2.05, 4.69) is 15.6 Å². The lowest BCUT2D eigenvalue weighted by atomic mass is 10.0. The lowest BCUT2D eigenvalue weighted by Gasteiger charge is -2.32. The third-order valence-corrected chi connectivity index (χ3v) is 7.42. The first kappa shape index (κ1) is 28.5. The maximum absolute atomic E-state index is 14.3. The van der Waals surface area contributed by atoms with Gasteiger partial charge >= 0.3 is 0 Å². The smallest absolute Gasteiger partial charge is 0.251 e. The van der Waals surface area contributed by atoms with E-state index in [1.807, 2.05) is 55.5 Å². The molecule has 6 rings (SSSR count). The number of hydrogen-bond acceptors (Lipinski definition) is 8. The molecule has 0 saturated heterocycles. The fraction of sp³-hybridized carbons (Fsp3) is 0.212. The van der Waals surface area contributed by atoms with Gasteiger partial charge in [0.1, 0.15) is 18.1 Å². The molecule has 0 radical (unpaired) electrons. The largest absolute Gasteiger partial charge is 0.493 e. The van der Waals surface area contributed by atoms with Crippen LogP contribution in [0.2, 0.25) is 0 Å². The molecule has 1 unspecified atom stereocenters. The van der Waals surface area contributed by atoms with E-state index in [0.717, 1.165) is 11.1 Å². The SMILES string of the molecule is COc1ccc(C(C(=O)Nc2ccc3c(c2)OCO3)N(Cc2ccc(C)cc2)C(=O)Cn2nnc3ccccc32)cc1OC. The molecule has 1 N–H and O–H groups in total. The number of aryl methyl sites for hydroxylation is 1. The first-order valence-electron chi connectivity index (χ1n) is 14.0. The first-order valence-corrected chi connectivity index (χ1v) is 14.0. The molecule has 0 saturated carbocycles. The van der Waals surface area contributed by atoms with Crippen molar-refractivity contribution in [2.24, 2.45) is 0 Å². The van der Waals surface area contributed by atoms with Crippen molar-refractivity contribution < 1.29 is 28.5 Å². The standard InChI is InChI=1S/C33H31N5O6/c1-21-8-10-22(11-9-21)18-37(31(39)19-38-26-7-5-4-6-25(26)35-36-38)32(23-12-14-27(41-2)29(16-23)42-3)33(40)34-24-13-15-28-30(17-24)44-20-43-28/h4-17,32H,18-20H2,1-3H3,(H,34,40). The number of ether oxygens (including phenoxy) is 4. The Labute approximate surface area is 253 Å². The van der Waals surface area contributed by atoms with E-state index in [4.69, 9.17) is 18.9 Å². The number of amides is 2. The predicted octanol–water partition coefficient (Wildman–Crippen LogP) is 4.89. The quantitative estimate of drug-likeness (QED) is 0.243. The molecule has 0 bridgehead atoms. The van der Waals surface area contributed by atoms with Gasteiger partial charge < -0.3 is 29.2 Å². The van der Waals surface area contributed by atoms with Crippen LogP contribution in [0.5, 0.6) is 23.0 Å². The molecule has 2 heterocycles. The number of rotatable bonds is 10. The summed E-state index contributed by atoms with van der Waals surface area (Å²) < 4.78 is 23.5. The number of carbonyl (C=O) groups excluding carboxylic acids is 2. The van der Waals surface area contributed by atoms with E-state index < -0.39 is 11.9 Å². The minimum atomic E-state index is -1.07. The summed E-state index contributed by atoms with van der Waals surface area (Å²) in [5.74, 6) is 1.28. The number of methoxy groups -OCH3 is 2. The molecule has 1 aromatic heterocycles. The Kier molecular flexibility index (Phi) is 8.00. The van der Waals surface area contributed by atoms with Crippen LogP contribution in [0.3, 0.4) is 0 Å². The van der Waals surface area contributed by atoms with Gasteiger partial charge in [-0.25, -0.2) is 4.68 Å². The fourth-order valence-electron chi connectivity index (χ4n) is 5.15. The normalized spacial score (nSPS) is 12.5. The van der Waals surface area contributed by atoms with Gasteiger partial charge in [0.05, 0.1) is 19.7 Å².